The Kier molecular flexibility index (Phi) is 4.25. The quantitative estimate of drug-likeness (QED) is 0.378. The van der Waals surface area contributed by atoms with Crippen LogP contribution >= 0.6 is 0 Å². The Morgan fingerprint density at radius 1 is 0.848 bits per heavy atom. The molecule has 5 heterocycles. The smallest absolute Gasteiger partial charge is 0.161 e. The van der Waals surface area contributed by atoms with Crippen molar-refractivity contribution in [3.63, 3.8) is 0 Å². The van der Waals surface area contributed by atoms with Gasteiger partial charge in [-0.1, -0.05) is 12.1 Å². The van der Waals surface area contributed by atoms with Crippen LogP contribution in [0.3, 0.4) is 0 Å². The van der Waals surface area contributed by atoms with Crippen LogP contribution in [0.25, 0.3) is 56.0 Å². The van der Waals surface area contributed by atoms with Gasteiger partial charge >= 0.3 is 0 Å². The Labute approximate surface area is 187 Å². The van der Waals surface area contributed by atoms with Crippen molar-refractivity contribution in [2.45, 2.75) is 0 Å². The predicted octanol–water partition coefficient (Wildman–Crippen LogP) is 4.22. The van der Waals surface area contributed by atoms with E-state index in [2.05, 4.69) is 25.1 Å². The normalized spacial score (nSPS) is 11.3. The molecule has 0 saturated heterocycles. The van der Waals surface area contributed by atoms with Gasteiger partial charge in [0.05, 0.1) is 41.2 Å². The van der Waals surface area contributed by atoms with Crippen LogP contribution in [0.15, 0.2) is 67.3 Å². The lowest BCUT2D eigenvalue weighted by Gasteiger charge is -2.04. The first-order chi connectivity index (χ1) is 16.2. The summed E-state index contributed by atoms with van der Waals surface area (Å²) in [6.45, 7) is 0. The summed E-state index contributed by atoms with van der Waals surface area (Å²) in [5.74, 6) is 1.37. The van der Waals surface area contributed by atoms with Crippen molar-refractivity contribution in [2.75, 3.05) is 12.8 Å². The number of aromatic nitrogens is 7. The molecule has 5 aromatic heterocycles. The molecule has 1 aromatic carbocycles. The van der Waals surface area contributed by atoms with Crippen LogP contribution in [0.1, 0.15) is 0 Å². The molecule has 9 heteroatoms. The topological polar surface area (TPSA) is 131 Å². The fraction of sp³-hybridized carbons (Fsp3) is 0.0417. The number of hydrogen-bond donors (Lipinski definition) is 3. The number of nitrogens with two attached hydrogens (primary N) is 1. The summed E-state index contributed by atoms with van der Waals surface area (Å²) < 4.78 is 5.37. The van der Waals surface area contributed by atoms with E-state index in [1.165, 1.54) is 0 Å². The first kappa shape index (κ1) is 18.9. The van der Waals surface area contributed by atoms with Crippen LogP contribution in [0.2, 0.25) is 0 Å². The molecular formula is C24H18N8O. The average molecular weight is 434 g/mol. The highest BCUT2D eigenvalue weighted by molar-refractivity contribution is 5.96. The molecule has 0 saturated carbocycles. The summed E-state index contributed by atoms with van der Waals surface area (Å²) in [5, 5.41) is 7.52. The van der Waals surface area contributed by atoms with E-state index in [1.807, 2.05) is 42.5 Å². The third kappa shape index (κ3) is 3.23. The SMILES string of the molecule is COc1cccc(-c2cncc3[nH]c(-c4n[nH]c5ccc(-c6cncc(N)c6)nc45)nc23)c1. The summed E-state index contributed by atoms with van der Waals surface area (Å²) in [6, 6.07) is 13.5. The molecule has 0 amide bonds. The van der Waals surface area contributed by atoms with Gasteiger partial charge in [-0.25, -0.2) is 9.97 Å². The second kappa shape index (κ2) is 7.41. The maximum atomic E-state index is 5.90. The molecule has 0 aliphatic carbocycles. The number of imidazole rings is 1. The lowest BCUT2D eigenvalue weighted by atomic mass is 10.1. The minimum Gasteiger partial charge on any atom is -0.497 e. The molecule has 160 valence electrons. The lowest BCUT2D eigenvalue weighted by Crippen LogP contribution is -1.90. The van der Waals surface area contributed by atoms with Crippen molar-refractivity contribution in [2.24, 2.45) is 0 Å². The average Bonchev–Trinajstić information content (AvgIpc) is 3.47. The van der Waals surface area contributed by atoms with Crippen molar-refractivity contribution in [3.8, 4) is 39.7 Å². The van der Waals surface area contributed by atoms with Crippen LogP contribution in [0.4, 0.5) is 5.69 Å². The Bertz CT molecular complexity index is 1630. The van der Waals surface area contributed by atoms with Crippen molar-refractivity contribution in [1.29, 1.82) is 0 Å². The maximum absolute atomic E-state index is 5.90. The van der Waals surface area contributed by atoms with Crippen molar-refractivity contribution in [1.82, 2.24) is 35.1 Å². The number of benzene rings is 1. The number of rotatable bonds is 4. The van der Waals surface area contributed by atoms with Gasteiger partial charge in [0.15, 0.2) is 11.5 Å². The molecule has 33 heavy (non-hydrogen) atoms. The van der Waals surface area contributed by atoms with Gasteiger partial charge in [0.1, 0.15) is 11.3 Å². The van der Waals surface area contributed by atoms with Crippen molar-refractivity contribution in [3.05, 3.63) is 67.3 Å². The minimum absolute atomic E-state index is 0.580. The van der Waals surface area contributed by atoms with Gasteiger partial charge in [0.25, 0.3) is 0 Å². The largest absolute Gasteiger partial charge is 0.497 e. The molecule has 0 atom stereocenters. The highest BCUT2D eigenvalue weighted by Crippen LogP contribution is 2.32. The van der Waals surface area contributed by atoms with Crippen LogP contribution in [-0.4, -0.2) is 42.2 Å². The molecule has 6 aromatic rings. The molecule has 6 rings (SSSR count). The van der Waals surface area contributed by atoms with Crippen LogP contribution in [0, 0.1) is 0 Å². The number of fused-ring (bicyclic) bond motifs is 2. The molecule has 0 radical (unpaired) electrons. The number of anilines is 1. The van der Waals surface area contributed by atoms with E-state index >= 15 is 0 Å². The standard InChI is InChI=1S/C24H18N8O/c1-33-16-4-2-3-13(8-16)17-11-27-12-20-21(17)30-24(29-20)23-22-19(31-32-23)6-5-18(28-22)14-7-15(25)10-26-9-14/h2-12H,25H2,1H3,(H,29,30)(H,31,32). The number of nitrogens with one attached hydrogen (secondary N) is 2. The lowest BCUT2D eigenvalue weighted by molar-refractivity contribution is 0.415. The summed E-state index contributed by atoms with van der Waals surface area (Å²) >= 11 is 0. The van der Waals surface area contributed by atoms with Crippen LogP contribution < -0.4 is 10.5 Å². The molecule has 4 N–H and O–H groups in total. The summed E-state index contributed by atoms with van der Waals surface area (Å²) in [7, 11) is 1.65. The van der Waals surface area contributed by atoms with Gasteiger partial charge < -0.3 is 15.5 Å². The molecule has 0 bridgehead atoms. The fourth-order valence-corrected chi connectivity index (χ4v) is 3.87. The van der Waals surface area contributed by atoms with E-state index in [4.69, 9.17) is 20.4 Å². The number of nitrogen functional groups attached to an aromatic ring is 1. The highest BCUT2D eigenvalue weighted by atomic mass is 16.5. The first-order valence-corrected chi connectivity index (χ1v) is 10.2. The van der Waals surface area contributed by atoms with E-state index in [1.54, 1.807) is 31.9 Å². The molecule has 0 aliphatic heterocycles. The van der Waals surface area contributed by atoms with Gasteiger partial charge in [0, 0.05) is 29.7 Å². The molecule has 0 spiro atoms. The highest BCUT2D eigenvalue weighted by Gasteiger charge is 2.17. The zero-order valence-corrected chi connectivity index (χ0v) is 17.6. The Morgan fingerprint density at radius 3 is 2.64 bits per heavy atom. The molecular weight excluding hydrogens is 416 g/mol. The van der Waals surface area contributed by atoms with Gasteiger partial charge in [-0.2, -0.15) is 5.10 Å². The molecule has 0 unspecified atom stereocenters. The summed E-state index contributed by atoms with van der Waals surface area (Å²) in [4.78, 5) is 21.6. The molecule has 0 aliphatic rings. The van der Waals surface area contributed by atoms with Gasteiger partial charge in [-0.3, -0.25) is 15.1 Å². The number of pyridine rings is 3. The fourth-order valence-electron chi connectivity index (χ4n) is 3.87. The van der Waals surface area contributed by atoms with E-state index in [-0.39, 0.29) is 0 Å². The minimum atomic E-state index is 0.580. The number of hydrogen-bond acceptors (Lipinski definition) is 7. The Hall–Kier alpha value is -4.79. The first-order valence-electron chi connectivity index (χ1n) is 10.2. The van der Waals surface area contributed by atoms with E-state index in [9.17, 15) is 0 Å². The van der Waals surface area contributed by atoms with E-state index < -0.39 is 0 Å². The van der Waals surface area contributed by atoms with E-state index in [0.29, 0.717) is 22.7 Å². The molecule has 0 fully saturated rings. The van der Waals surface area contributed by atoms with Gasteiger partial charge in [-0.05, 0) is 35.9 Å². The van der Waals surface area contributed by atoms with E-state index in [0.717, 1.165) is 44.7 Å². The van der Waals surface area contributed by atoms with Crippen LogP contribution in [0.5, 0.6) is 5.75 Å². The number of nitrogens with zero attached hydrogens (tertiary/aromatic N) is 5. The number of H-pyrrole nitrogens is 2. The second-order valence-corrected chi connectivity index (χ2v) is 7.57. The van der Waals surface area contributed by atoms with Crippen molar-refractivity contribution >= 4 is 27.8 Å². The number of ether oxygens (including phenoxy) is 1. The third-order valence-electron chi connectivity index (χ3n) is 5.46. The summed E-state index contributed by atoms with van der Waals surface area (Å²) in [5.41, 5.74) is 13.6. The zero-order chi connectivity index (χ0) is 22.4. The molecule has 9 nitrogen and oxygen atoms in total. The Balaban J connectivity index is 1.49. The second-order valence-electron chi connectivity index (χ2n) is 7.57. The Morgan fingerprint density at radius 2 is 1.76 bits per heavy atom. The monoisotopic (exact) mass is 434 g/mol. The predicted molar refractivity (Wildman–Crippen MR) is 126 cm³/mol. The van der Waals surface area contributed by atoms with Gasteiger partial charge in [-0.15, -0.1) is 0 Å². The van der Waals surface area contributed by atoms with Crippen molar-refractivity contribution < 1.29 is 4.74 Å². The van der Waals surface area contributed by atoms with Crippen LogP contribution in [-0.2, 0) is 0 Å². The number of methoxy groups -OCH3 is 1. The zero-order valence-electron chi connectivity index (χ0n) is 17.6. The van der Waals surface area contributed by atoms with Gasteiger partial charge in [0.2, 0.25) is 0 Å². The summed E-state index contributed by atoms with van der Waals surface area (Å²) in [6.07, 6.45) is 6.89. The number of aromatic amines is 2. The third-order valence-corrected chi connectivity index (χ3v) is 5.46. The maximum Gasteiger partial charge on any atom is 0.161 e.